The molecule has 0 atom stereocenters. The third-order valence-corrected chi connectivity index (χ3v) is 5.60. The maximum absolute atomic E-state index is 12.6. The lowest BCUT2D eigenvalue weighted by Gasteiger charge is -2.35. The summed E-state index contributed by atoms with van der Waals surface area (Å²) >= 11 is 6.24. The Hall–Kier alpha value is -3.12. The largest absolute Gasteiger partial charge is 0.497 e. The number of carbonyl (C=O) groups is 1. The van der Waals surface area contributed by atoms with Gasteiger partial charge < -0.3 is 14.5 Å². The van der Waals surface area contributed by atoms with E-state index >= 15 is 0 Å². The summed E-state index contributed by atoms with van der Waals surface area (Å²) in [5.74, 6) is 1.74. The van der Waals surface area contributed by atoms with Gasteiger partial charge in [0, 0.05) is 31.7 Å². The van der Waals surface area contributed by atoms with Crippen molar-refractivity contribution >= 4 is 23.3 Å². The molecule has 1 amide bonds. The monoisotopic (exact) mass is 422 g/mol. The minimum Gasteiger partial charge on any atom is -0.497 e. The van der Waals surface area contributed by atoms with Crippen LogP contribution in [-0.2, 0) is 11.2 Å². The average molecular weight is 423 g/mol. The zero-order chi connectivity index (χ0) is 20.9. The number of piperazine rings is 1. The minimum atomic E-state index is 0.139. The lowest BCUT2D eigenvalue weighted by Crippen LogP contribution is -2.49. The van der Waals surface area contributed by atoms with Crippen molar-refractivity contribution in [3.05, 3.63) is 71.2 Å². The summed E-state index contributed by atoms with van der Waals surface area (Å²) in [6, 6.07) is 19.1. The van der Waals surface area contributed by atoms with Crippen molar-refractivity contribution in [3.63, 3.8) is 0 Å². The van der Waals surface area contributed by atoms with Crippen LogP contribution in [0.25, 0.3) is 11.3 Å². The van der Waals surface area contributed by atoms with Gasteiger partial charge in [-0.05, 0) is 35.9 Å². The van der Waals surface area contributed by atoms with Crippen LogP contribution in [0.3, 0.4) is 0 Å². The summed E-state index contributed by atoms with van der Waals surface area (Å²) in [6.45, 7) is 2.80. The minimum absolute atomic E-state index is 0.139. The van der Waals surface area contributed by atoms with Crippen LogP contribution in [0.15, 0.2) is 60.7 Å². The molecule has 1 saturated heterocycles. The number of methoxy groups -OCH3 is 1. The molecule has 0 N–H and O–H groups in total. The van der Waals surface area contributed by atoms with Crippen molar-refractivity contribution in [2.45, 2.75) is 6.42 Å². The van der Waals surface area contributed by atoms with E-state index in [0.717, 1.165) is 41.5 Å². The molecule has 1 aromatic heterocycles. The highest BCUT2D eigenvalue weighted by molar-refractivity contribution is 6.33. The fraction of sp³-hybridized carbons (Fsp3) is 0.261. The SMILES string of the molecule is COc1ccc(CC(=O)N2CCN(c3ccc(-c4ccccc4Cl)nn3)CC2)cc1. The number of hydrogen-bond donors (Lipinski definition) is 0. The molecule has 154 valence electrons. The van der Waals surface area contributed by atoms with Gasteiger partial charge in [0.05, 0.1) is 24.2 Å². The quantitative estimate of drug-likeness (QED) is 0.627. The van der Waals surface area contributed by atoms with Gasteiger partial charge in [0.1, 0.15) is 5.75 Å². The van der Waals surface area contributed by atoms with Crippen LogP contribution in [0, 0.1) is 0 Å². The van der Waals surface area contributed by atoms with Gasteiger partial charge in [-0.2, -0.15) is 0 Å². The molecule has 1 fully saturated rings. The van der Waals surface area contributed by atoms with E-state index in [1.165, 1.54) is 0 Å². The second-order valence-electron chi connectivity index (χ2n) is 7.15. The molecule has 0 bridgehead atoms. The van der Waals surface area contributed by atoms with E-state index in [2.05, 4.69) is 15.1 Å². The molecule has 0 spiro atoms. The van der Waals surface area contributed by atoms with Crippen LogP contribution >= 0.6 is 11.6 Å². The van der Waals surface area contributed by atoms with E-state index in [1.54, 1.807) is 7.11 Å². The Labute approximate surface area is 181 Å². The van der Waals surface area contributed by atoms with E-state index < -0.39 is 0 Å². The molecule has 0 saturated carbocycles. The van der Waals surface area contributed by atoms with E-state index in [4.69, 9.17) is 16.3 Å². The number of halogens is 1. The van der Waals surface area contributed by atoms with E-state index in [-0.39, 0.29) is 5.91 Å². The number of nitrogens with zero attached hydrogens (tertiary/aromatic N) is 4. The van der Waals surface area contributed by atoms with Crippen LogP contribution in [-0.4, -0.2) is 54.3 Å². The first-order valence-corrected chi connectivity index (χ1v) is 10.3. The molecule has 30 heavy (non-hydrogen) atoms. The Morgan fingerprint density at radius 2 is 1.70 bits per heavy atom. The Kier molecular flexibility index (Phi) is 6.14. The van der Waals surface area contributed by atoms with Crippen molar-refractivity contribution in [1.82, 2.24) is 15.1 Å². The van der Waals surface area contributed by atoms with Crippen molar-refractivity contribution < 1.29 is 9.53 Å². The fourth-order valence-electron chi connectivity index (χ4n) is 3.52. The van der Waals surface area contributed by atoms with Crippen molar-refractivity contribution in [3.8, 4) is 17.0 Å². The maximum Gasteiger partial charge on any atom is 0.227 e. The molecule has 7 heteroatoms. The molecular formula is C23H23ClN4O2. The number of aromatic nitrogens is 2. The molecule has 0 radical (unpaired) electrons. The number of rotatable bonds is 5. The summed E-state index contributed by atoms with van der Waals surface area (Å²) in [6.07, 6.45) is 0.399. The Balaban J connectivity index is 1.33. The summed E-state index contributed by atoms with van der Waals surface area (Å²) in [7, 11) is 1.63. The number of carbonyl (C=O) groups excluding carboxylic acids is 1. The number of benzene rings is 2. The first-order valence-electron chi connectivity index (χ1n) is 9.88. The van der Waals surface area contributed by atoms with Gasteiger partial charge in [-0.3, -0.25) is 4.79 Å². The van der Waals surface area contributed by atoms with E-state index in [1.807, 2.05) is 65.6 Å². The molecule has 0 aliphatic carbocycles. The topological polar surface area (TPSA) is 58.6 Å². The molecule has 0 unspecified atom stereocenters. The van der Waals surface area contributed by atoms with Crippen molar-refractivity contribution in [2.24, 2.45) is 0 Å². The van der Waals surface area contributed by atoms with Gasteiger partial charge in [0.25, 0.3) is 0 Å². The van der Waals surface area contributed by atoms with Gasteiger partial charge >= 0.3 is 0 Å². The Bertz CT molecular complexity index is 1000. The van der Waals surface area contributed by atoms with Gasteiger partial charge in [-0.15, -0.1) is 10.2 Å². The highest BCUT2D eigenvalue weighted by Gasteiger charge is 2.22. The van der Waals surface area contributed by atoms with Gasteiger partial charge in [-0.1, -0.05) is 41.9 Å². The highest BCUT2D eigenvalue weighted by atomic mass is 35.5. The highest BCUT2D eigenvalue weighted by Crippen LogP contribution is 2.26. The summed E-state index contributed by atoms with van der Waals surface area (Å²) in [5, 5.41) is 9.37. The van der Waals surface area contributed by atoms with Crippen LogP contribution < -0.4 is 9.64 Å². The number of anilines is 1. The molecule has 2 aromatic carbocycles. The number of ether oxygens (including phenoxy) is 1. The Morgan fingerprint density at radius 3 is 2.33 bits per heavy atom. The van der Waals surface area contributed by atoms with Crippen LogP contribution in [0.5, 0.6) is 5.75 Å². The van der Waals surface area contributed by atoms with Gasteiger partial charge in [-0.25, -0.2) is 0 Å². The first kappa shape index (κ1) is 20.2. The van der Waals surface area contributed by atoms with Crippen molar-refractivity contribution in [1.29, 1.82) is 0 Å². The zero-order valence-corrected chi connectivity index (χ0v) is 17.5. The summed E-state index contributed by atoms with van der Waals surface area (Å²) in [5.41, 5.74) is 2.61. The fourth-order valence-corrected chi connectivity index (χ4v) is 3.75. The number of amides is 1. The molecule has 1 aliphatic heterocycles. The molecule has 6 nitrogen and oxygen atoms in total. The van der Waals surface area contributed by atoms with Crippen molar-refractivity contribution in [2.75, 3.05) is 38.2 Å². The second kappa shape index (κ2) is 9.13. The lowest BCUT2D eigenvalue weighted by molar-refractivity contribution is -0.130. The molecule has 1 aliphatic rings. The third-order valence-electron chi connectivity index (χ3n) is 5.27. The standard InChI is InChI=1S/C23H23ClN4O2/c1-30-18-8-6-17(7-9-18)16-23(29)28-14-12-27(13-15-28)22-11-10-21(25-26-22)19-4-2-3-5-20(19)24/h2-11H,12-16H2,1H3. The van der Waals surface area contributed by atoms with Gasteiger partial charge in [0.15, 0.2) is 5.82 Å². The van der Waals surface area contributed by atoms with Gasteiger partial charge in [0.2, 0.25) is 5.91 Å². The normalized spacial score (nSPS) is 13.9. The lowest BCUT2D eigenvalue weighted by atomic mass is 10.1. The summed E-state index contributed by atoms with van der Waals surface area (Å²) < 4.78 is 5.16. The molecule has 4 rings (SSSR count). The molecule has 3 aromatic rings. The summed E-state index contributed by atoms with van der Waals surface area (Å²) in [4.78, 5) is 16.7. The predicted octanol–water partition coefficient (Wildman–Crippen LogP) is 3.70. The van der Waals surface area contributed by atoms with Crippen LogP contribution in [0.2, 0.25) is 5.02 Å². The maximum atomic E-state index is 12.6. The van der Waals surface area contributed by atoms with E-state index in [9.17, 15) is 4.79 Å². The third kappa shape index (κ3) is 4.54. The molecule has 2 heterocycles. The smallest absolute Gasteiger partial charge is 0.227 e. The first-order chi connectivity index (χ1) is 14.6. The number of hydrogen-bond acceptors (Lipinski definition) is 5. The van der Waals surface area contributed by atoms with Crippen LogP contribution in [0.1, 0.15) is 5.56 Å². The predicted molar refractivity (Wildman–Crippen MR) is 118 cm³/mol. The van der Waals surface area contributed by atoms with E-state index in [0.29, 0.717) is 24.5 Å². The zero-order valence-electron chi connectivity index (χ0n) is 16.8. The average Bonchev–Trinajstić information content (AvgIpc) is 2.80. The molecular weight excluding hydrogens is 400 g/mol. The second-order valence-corrected chi connectivity index (χ2v) is 7.56. The van der Waals surface area contributed by atoms with Crippen LogP contribution in [0.4, 0.5) is 5.82 Å². The Morgan fingerprint density at radius 1 is 0.967 bits per heavy atom.